The third-order valence-corrected chi connectivity index (χ3v) is 5.03. The fourth-order valence-corrected chi connectivity index (χ4v) is 3.31. The minimum absolute atomic E-state index is 0.159. The van der Waals surface area contributed by atoms with Gasteiger partial charge in [-0.05, 0) is 48.9 Å². The van der Waals surface area contributed by atoms with Gasteiger partial charge in [-0.1, -0.05) is 42.5 Å². The number of hydrogen-bond acceptors (Lipinski definition) is 4. The number of amides is 1. The summed E-state index contributed by atoms with van der Waals surface area (Å²) in [5.41, 5.74) is 2.52. The molecule has 0 spiro atoms. The van der Waals surface area contributed by atoms with Gasteiger partial charge in [-0.2, -0.15) is 0 Å². The molecular formula is C26H25N3O3. The molecule has 0 saturated heterocycles. The van der Waals surface area contributed by atoms with Gasteiger partial charge in [0.15, 0.2) is 0 Å². The zero-order chi connectivity index (χ0) is 22.2. The molecule has 4 rings (SSSR count). The molecule has 0 saturated carbocycles. The Morgan fingerprint density at radius 1 is 0.938 bits per heavy atom. The second kappa shape index (κ2) is 10.3. The summed E-state index contributed by atoms with van der Waals surface area (Å²) < 4.78 is 13.4. The summed E-state index contributed by atoms with van der Waals surface area (Å²) in [6, 6.07) is 24.6. The van der Waals surface area contributed by atoms with E-state index in [0.29, 0.717) is 24.5 Å². The van der Waals surface area contributed by atoms with Gasteiger partial charge in [0.1, 0.15) is 24.7 Å². The van der Waals surface area contributed by atoms with Crippen molar-refractivity contribution in [3.8, 4) is 17.2 Å². The van der Waals surface area contributed by atoms with E-state index in [9.17, 15) is 4.79 Å². The van der Waals surface area contributed by atoms with E-state index in [1.54, 1.807) is 24.7 Å². The maximum Gasteiger partial charge on any atom is 0.255 e. The lowest BCUT2D eigenvalue weighted by Crippen LogP contribution is -2.27. The van der Waals surface area contributed by atoms with E-state index in [1.165, 1.54) is 0 Å². The topological polar surface area (TPSA) is 65.4 Å². The van der Waals surface area contributed by atoms with Crippen LogP contribution in [0.25, 0.3) is 5.69 Å². The average molecular weight is 428 g/mol. The van der Waals surface area contributed by atoms with Crippen molar-refractivity contribution in [2.45, 2.75) is 13.0 Å². The average Bonchev–Trinajstić information content (AvgIpc) is 3.38. The lowest BCUT2D eigenvalue weighted by Gasteiger charge is -2.17. The van der Waals surface area contributed by atoms with Crippen LogP contribution in [-0.2, 0) is 0 Å². The van der Waals surface area contributed by atoms with Crippen LogP contribution >= 0.6 is 0 Å². The summed E-state index contributed by atoms with van der Waals surface area (Å²) in [4.78, 5) is 17.0. The smallest absolute Gasteiger partial charge is 0.255 e. The molecule has 0 radical (unpaired) electrons. The van der Waals surface area contributed by atoms with Crippen LogP contribution in [0, 0.1) is 0 Å². The summed E-state index contributed by atoms with van der Waals surface area (Å²) in [6.45, 7) is 2.69. The van der Waals surface area contributed by atoms with Crippen molar-refractivity contribution in [3.63, 3.8) is 0 Å². The van der Waals surface area contributed by atoms with Gasteiger partial charge >= 0.3 is 0 Å². The van der Waals surface area contributed by atoms with Crippen molar-refractivity contribution in [2.24, 2.45) is 0 Å². The van der Waals surface area contributed by atoms with Crippen molar-refractivity contribution >= 4 is 5.91 Å². The molecule has 1 aromatic heterocycles. The van der Waals surface area contributed by atoms with Crippen molar-refractivity contribution in [1.29, 1.82) is 0 Å². The molecule has 0 aliphatic rings. The standard InChI is InChI=1S/C26H25N3O3/c1-20(21-11-13-22(14-12-21)29-16-15-27-19-29)28-26(30)24-9-5-6-10-25(24)32-18-17-31-23-7-3-2-4-8-23/h2-16,19-20H,17-18H2,1H3,(H,28,30)/t20-/m1/s1. The number of hydrogen-bond donors (Lipinski definition) is 1. The van der Waals surface area contributed by atoms with Crippen molar-refractivity contribution < 1.29 is 14.3 Å². The fraction of sp³-hybridized carbons (Fsp3) is 0.154. The van der Waals surface area contributed by atoms with E-state index in [-0.39, 0.29) is 11.9 Å². The number of para-hydroxylation sites is 2. The highest BCUT2D eigenvalue weighted by Crippen LogP contribution is 2.21. The zero-order valence-electron chi connectivity index (χ0n) is 17.8. The van der Waals surface area contributed by atoms with Gasteiger partial charge in [0.05, 0.1) is 17.9 Å². The summed E-state index contributed by atoms with van der Waals surface area (Å²) in [5.74, 6) is 1.13. The Morgan fingerprint density at radius 2 is 1.66 bits per heavy atom. The minimum Gasteiger partial charge on any atom is -0.490 e. The van der Waals surface area contributed by atoms with Crippen molar-refractivity contribution in [2.75, 3.05) is 13.2 Å². The van der Waals surface area contributed by atoms with Crippen LogP contribution in [0.5, 0.6) is 11.5 Å². The number of carbonyl (C=O) groups excluding carboxylic acids is 1. The molecule has 0 bridgehead atoms. The third kappa shape index (κ3) is 5.35. The third-order valence-electron chi connectivity index (χ3n) is 5.03. The maximum atomic E-state index is 12.9. The summed E-state index contributed by atoms with van der Waals surface area (Å²) in [6.07, 6.45) is 5.38. The molecule has 0 aliphatic carbocycles. The molecule has 1 amide bonds. The van der Waals surface area contributed by atoms with Gasteiger partial charge in [-0.3, -0.25) is 4.79 Å². The van der Waals surface area contributed by atoms with Crippen LogP contribution in [0.3, 0.4) is 0 Å². The van der Waals surface area contributed by atoms with Gasteiger partial charge in [0, 0.05) is 18.1 Å². The molecule has 4 aromatic rings. The molecule has 0 aliphatic heterocycles. The predicted octanol–water partition coefficient (Wildman–Crippen LogP) is 4.82. The Bertz CT molecular complexity index is 1130. The first-order valence-corrected chi connectivity index (χ1v) is 10.5. The zero-order valence-corrected chi connectivity index (χ0v) is 17.8. The van der Waals surface area contributed by atoms with E-state index < -0.39 is 0 Å². The van der Waals surface area contributed by atoms with Gasteiger partial charge < -0.3 is 19.4 Å². The van der Waals surface area contributed by atoms with E-state index in [4.69, 9.17) is 9.47 Å². The van der Waals surface area contributed by atoms with E-state index >= 15 is 0 Å². The van der Waals surface area contributed by atoms with Crippen LogP contribution in [-0.4, -0.2) is 28.7 Å². The first kappa shape index (κ1) is 21.2. The van der Waals surface area contributed by atoms with Gasteiger partial charge in [-0.25, -0.2) is 4.98 Å². The van der Waals surface area contributed by atoms with Crippen LogP contribution in [0.15, 0.2) is 97.6 Å². The van der Waals surface area contributed by atoms with Gasteiger partial charge in [0.25, 0.3) is 5.91 Å². The molecule has 0 unspecified atom stereocenters. The molecule has 1 atom stereocenters. The van der Waals surface area contributed by atoms with Crippen LogP contribution < -0.4 is 14.8 Å². The summed E-state index contributed by atoms with van der Waals surface area (Å²) >= 11 is 0. The molecule has 1 N–H and O–H groups in total. The predicted molar refractivity (Wildman–Crippen MR) is 123 cm³/mol. The molecular weight excluding hydrogens is 402 g/mol. The Kier molecular flexibility index (Phi) is 6.82. The number of benzene rings is 3. The monoisotopic (exact) mass is 427 g/mol. The SMILES string of the molecule is C[C@@H](NC(=O)c1ccccc1OCCOc1ccccc1)c1ccc(-n2ccnc2)cc1. The molecule has 0 fully saturated rings. The fourth-order valence-electron chi connectivity index (χ4n) is 3.31. The van der Waals surface area contributed by atoms with Crippen LogP contribution in [0.1, 0.15) is 28.9 Å². The molecule has 162 valence electrons. The Morgan fingerprint density at radius 3 is 2.41 bits per heavy atom. The lowest BCUT2D eigenvalue weighted by molar-refractivity contribution is 0.0934. The van der Waals surface area contributed by atoms with E-state index in [0.717, 1.165) is 17.0 Å². The largest absolute Gasteiger partial charge is 0.490 e. The molecule has 6 heteroatoms. The van der Waals surface area contributed by atoms with Crippen LogP contribution in [0.2, 0.25) is 0 Å². The van der Waals surface area contributed by atoms with E-state index in [2.05, 4.69) is 10.3 Å². The van der Waals surface area contributed by atoms with Crippen molar-refractivity contribution in [1.82, 2.24) is 14.9 Å². The Balaban J connectivity index is 1.34. The van der Waals surface area contributed by atoms with Gasteiger partial charge in [-0.15, -0.1) is 0 Å². The van der Waals surface area contributed by atoms with Gasteiger partial charge in [0.2, 0.25) is 0 Å². The highest BCUT2D eigenvalue weighted by Gasteiger charge is 2.15. The highest BCUT2D eigenvalue weighted by atomic mass is 16.5. The summed E-state index contributed by atoms with van der Waals surface area (Å²) in [7, 11) is 0. The molecule has 3 aromatic carbocycles. The number of rotatable bonds is 9. The lowest BCUT2D eigenvalue weighted by atomic mass is 10.1. The number of aromatic nitrogens is 2. The number of ether oxygens (including phenoxy) is 2. The summed E-state index contributed by atoms with van der Waals surface area (Å²) in [5, 5.41) is 3.05. The highest BCUT2D eigenvalue weighted by molar-refractivity contribution is 5.97. The number of carbonyl (C=O) groups is 1. The Hall–Kier alpha value is -4.06. The first-order valence-electron chi connectivity index (χ1n) is 10.5. The van der Waals surface area contributed by atoms with Crippen LogP contribution in [0.4, 0.5) is 0 Å². The second-order valence-electron chi connectivity index (χ2n) is 7.26. The van der Waals surface area contributed by atoms with E-state index in [1.807, 2.05) is 84.4 Å². The normalized spacial score (nSPS) is 11.5. The Labute approximate surface area is 187 Å². The minimum atomic E-state index is -0.184. The first-order chi connectivity index (χ1) is 15.7. The quantitative estimate of drug-likeness (QED) is 0.389. The number of nitrogens with zero attached hydrogens (tertiary/aromatic N) is 2. The maximum absolute atomic E-state index is 12.9. The number of imidazole rings is 1. The molecule has 6 nitrogen and oxygen atoms in total. The number of nitrogens with one attached hydrogen (secondary N) is 1. The van der Waals surface area contributed by atoms with Crippen molar-refractivity contribution in [3.05, 3.63) is 109 Å². The second-order valence-corrected chi connectivity index (χ2v) is 7.26. The molecule has 32 heavy (non-hydrogen) atoms. The molecule has 1 heterocycles.